The summed E-state index contributed by atoms with van der Waals surface area (Å²) in [4.78, 5) is 21.9. The Hall–Kier alpha value is -3.91. The van der Waals surface area contributed by atoms with Crippen molar-refractivity contribution in [2.75, 3.05) is 41.2 Å². The monoisotopic (exact) mass is 619 g/mol. The normalized spacial score (nSPS) is 13.8. The number of pyridine rings is 1. The van der Waals surface area contributed by atoms with E-state index in [2.05, 4.69) is 38.8 Å². The van der Waals surface area contributed by atoms with Crippen LogP contribution in [0.2, 0.25) is 0 Å². The molecule has 0 bridgehead atoms. The Labute approximate surface area is 252 Å². The van der Waals surface area contributed by atoms with Crippen LogP contribution in [0.5, 0.6) is 0 Å². The molecule has 0 atom stereocenters. The third-order valence-corrected chi connectivity index (χ3v) is 10.7. The van der Waals surface area contributed by atoms with Gasteiger partial charge in [-0.1, -0.05) is 32.0 Å². The number of hydrogen-bond donors (Lipinski definition) is 2. The molecule has 0 amide bonds. The number of anilines is 4. The Balaban J connectivity index is 1.28. The number of rotatable bonds is 9. The van der Waals surface area contributed by atoms with Crippen LogP contribution in [-0.2, 0) is 14.8 Å². The highest BCUT2D eigenvalue weighted by atomic mass is 32.2. The summed E-state index contributed by atoms with van der Waals surface area (Å²) in [5.74, 6) is 1.56. The molecule has 42 heavy (non-hydrogen) atoms. The first kappa shape index (κ1) is 28.2. The van der Waals surface area contributed by atoms with E-state index >= 15 is 0 Å². The van der Waals surface area contributed by atoms with Crippen molar-refractivity contribution in [3.63, 3.8) is 0 Å². The van der Waals surface area contributed by atoms with Gasteiger partial charge in [0, 0.05) is 36.5 Å². The average molecular weight is 620 g/mol. The fourth-order valence-corrected chi connectivity index (χ4v) is 7.52. The van der Waals surface area contributed by atoms with Crippen molar-refractivity contribution in [2.24, 2.45) is 0 Å². The fourth-order valence-electron chi connectivity index (χ4n) is 4.42. The van der Waals surface area contributed by atoms with E-state index in [0.29, 0.717) is 24.8 Å². The topological polar surface area (TPSA) is 122 Å². The molecule has 0 unspecified atom stereocenters. The van der Waals surface area contributed by atoms with Gasteiger partial charge in [-0.2, -0.15) is 0 Å². The summed E-state index contributed by atoms with van der Waals surface area (Å²) in [7, 11) is -3.68. The van der Waals surface area contributed by atoms with Crippen molar-refractivity contribution in [3.05, 3.63) is 77.4 Å². The van der Waals surface area contributed by atoms with Gasteiger partial charge < -0.3 is 15.0 Å². The molecule has 5 aromatic rings. The van der Waals surface area contributed by atoms with Crippen LogP contribution in [0.4, 0.5) is 23.1 Å². The van der Waals surface area contributed by atoms with Crippen LogP contribution in [0, 0.1) is 0 Å². The number of benzene rings is 1. The summed E-state index contributed by atoms with van der Waals surface area (Å²) in [6, 6.07) is 16.4. The van der Waals surface area contributed by atoms with Gasteiger partial charge in [0.1, 0.15) is 10.0 Å². The number of morpholine rings is 1. The zero-order valence-electron chi connectivity index (χ0n) is 23.0. The van der Waals surface area contributed by atoms with Gasteiger partial charge in [-0.05, 0) is 41.8 Å². The minimum absolute atomic E-state index is 0.207. The molecular weight excluding hydrogens is 591 g/mol. The maximum absolute atomic E-state index is 12.8. The van der Waals surface area contributed by atoms with Crippen LogP contribution in [0.3, 0.4) is 0 Å². The number of ether oxygens (including phenoxy) is 1. The smallest absolute Gasteiger partial charge is 0.271 e. The number of thiazole rings is 1. The van der Waals surface area contributed by atoms with Gasteiger partial charge in [-0.15, -0.1) is 22.7 Å². The van der Waals surface area contributed by atoms with Gasteiger partial charge in [-0.25, -0.2) is 28.4 Å². The molecular formula is C29H29N7O3S3. The summed E-state index contributed by atoms with van der Waals surface area (Å²) < 4.78 is 34.0. The molecule has 1 aliphatic heterocycles. The zero-order valence-corrected chi connectivity index (χ0v) is 25.5. The molecule has 6 rings (SSSR count). The van der Waals surface area contributed by atoms with Crippen molar-refractivity contribution in [3.8, 4) is 21.8 Å². The Morgan fingerprint density at radius 2 is 1.83 bits per heavy atom. The SMILES string of the molecule is CC(C)c1nc(-c2cccc(NS(=O)(=O)c3cccs3)c2)c(-c2ccnc(Nc3ccc(N4CCOCC4)nc3)n2)s1. The lowest BCUT2D eigenvalue weighted by Gasteiger charge is -2.27. The van der Waals surface area contributed by atoms with Crippen LogP contribution in [0.15, 0.2) is 76.6 Å². The van der Waals surface area contributed by atoms with Crippen molar-refractivity contribution < 1.29 is 13.2 Å². The van der Waals surface area contributed by atoms with Crippen LogP contribution in [0.1, 0.15) is 24.8 Å². The molecule has 5 heterocycles. The van der Waals surface area contributed by atoms with E-state index in [1.54, 1.807) is 53.4 Å². The summed E-state index contributed by atoms with van der Waals surface area (Å²) >= 11 is 2.74. The molecule has 0 saturated carbocycles. The number of nitrogens with zero attached hydrogens (tertiary/aromatic N) is 5. The predicted molar refractivity (Wildman–Crippen MR) is 168 cm³/mol. The molecule has 216 valence electrons. The lowest BCUT2D eigenvalue weighted by atomic mass is 10.1. The van der Waals surface area contributed by atoms with Crippen molar-refractivity contribution in [1.29, 1.82) is 0 Å². The van der Waals surface area contributed by atoms with Gasteiger partial charge >= 0.3 is 0 Å². The van der Waals surface area contributed by atoms with E-state index in [9.17, 15) is 8.42 Å². The average Bonchev–Trinajstić information content (AvgIpc) is 3.70. The van der Waals surface area contributed by atoms with Crippen LogP contribution in [-0.4, -0.2) is 54.7 Å². The molecule has 1 fully saturated rings. The maximum Gasteiger partial charge on any atom is 0.271 e. The quantitative estimate of drug-likeness (QED) is 0.198. The maximum atomic E-state index is 12.8. The zero-order chi connectivity index (χ0) is 29.1. The third-order valence-electron chi connectivity index (χ3n) is 6.51. The summed E-state index contributed by atoms with van der Waals surface area (Å²) in [5.41, 5.74) is 3.48. The molecule has 10 nitrogen and oxygen atoms in total. The second kappa shape index (κ2) is 12.1. The Morgan fingerprint density at radius 3 is 2.57 bits per heavy atom. The van der Waals surface area contributed by atoms with Gasteiger partial charge in [0.2, 0.25) is 5.95 Å². The van der Waals surface area contributed by atoms with E-state index in [0.717, 1.165) is 51.4 Å². The lowest BCUT2D eigenvalue weighted by molar-refractivity contribution is 0.122. The molecule has 0 radical (unpaired) electrons. The van der Waals surface area contributed by atoms with E-state index in [1.165, 1.54) is 11.3 Å². The predicted octanol–water partition coefficient (Wildman–Crippen LogP) is 6.23. The second-order valence-corrected chi connectivity index (χ2v) is 13.8. The standard InChI is InChI=1S/C29H29N7O3S3/c1-19(2)28-34-26(20-5-3-6-21(17-20)35-42(37,38)25-7-4-16-40-25)27(41-28)23-10-11-30-29(33-23)32-22-8-9-24(31-18-22)36-12-14-39-15-13-36/h3-11,16-19,35H,12-15H2,1-2H3,(H,30,32,33). The molecule has 1 saturated heterocycles. The van der Waals surface area contributed by atoms with Crippen molar-refractivity contribution in [2.45, 2.75) is 24.0 Å². The third kappa shape index (κ3) is 6.28. The first-order valence-corrected chi connectivity index (χ1v) is 16.6. The Morgan fingerprint density at radius 1 is 0.976 bits per heavy atom. The molecule has 1 aliphatic rings. The highest BCUT2D eigenvalue weighted by Crippen LogP contribution is 2.39. The first-order chi connectivity index (χ1) is 20.4. The minimum Gasteiger partial charge on any atom is -0.378 e. The number of hydrogen-bond acceptors (Lipinski definition) is 11. The highest BCUT2D eigenvalue weighted by molar-refractivity contribution is 7.94. The van der Waals surface area contributed by atoms with E-state index < -0.39 is 10.0 Å². The number of sulfonamides is 1. The van der Waals surface area contributed by atoms with Crippen LogP contribution >= 0.6 is 22.7 Å². The number of aromatic nitrogens is 4. The molecule has 1 aromatic carbocycles. The highest BCUT2D eigenvalue weighted by Gasteiger charge is 2.20. The van der Waals surface area contributed by atoms with Crippen LogP contribution < -0.4 is 14.9 Å². The van der Waals surface area contributed by atoms with Crippen molar-refractivity contribution in [1.82, 2.24) is 19.9 Å². The van der Waals surface area contributed by atoms with E-state index in [4.69, 9.17) is 14.7 Å². The van der Waals surface area contributed by atoms with E-state index in [1.807, 2.05) is 30.3 Å². The van der Waals surface area contributed by atoms with E-state index in [-0.39, 0.29) is 10.1 Å². The Kier molecular flexibility index (Phi) is 8.16. The first-order valence-electron chi connectivity index (χ1n) is 13.4. The van der Waals surface area contributed by atoms with Gasteiger partial charge in [0.15, 0.2) is 0 Å². The molecule has 0 aliphatic carbocycles. The van der Waals surface area contributed by atoms with Gasteiger partial charge in [0.05, 0.1) is 46.4 Å². The number of thiophene rings is 1. The number of nitrogens with one attached hydrogen (secondary N) is 2. The molecule has 13 heteroatoms. The molecule has 2 N–H and O–H groups in total. The summed E-state index contributed by atoms with van der Waals surface area (Å²) in [5, 5.41) is 5.96. The minimum atomic E-state index is -3.68. The molecule has 0 spiro atoms. The molecule has 4 aromatic heterocycles. The largest absolute Gasteiger partial charge is 0.378 e. The Bertz CT molecular complexity index is 1770. The van der Waals surface area contributed by atoms with Gasteiger partial charge in [0.25, 0.3) is 10.0 Å². The second-order valence-electron chi connectivity index (χ2n) is 9.90. The fraction of sp³-hybridized carbons (Fsp3) is 0.241. The lowest BCUT2D eigenvalue weighted by Crippen LogP contribution is -2.36. The van der Waals surface area contributed by atoms with Crippen molar-refractivity contribution >= 4 is 55.8 Å². The summed E-state index contributed by atoms with van der Waals surface area (Å²) in [6.07, 6.45) is 3.49. The summed E-state index contributed by atoms with van der Waals surface area (Å²) in [6.45, 7) is 7.25. The van der Waals surface area contributed by atoms with Crippen LogP contribution in [0.25, 0.3) is 21.8 Å². The van der Waals surface area contributed by atoms with Gasteiger partial charge in [-0.3, -0.25) is 4.72 Å².